The second-order valence-electron chi connectivity index (χ2n) is 9.08. The van der Waals surface area contributed by atoms with Gasteiger partial charge in [0.05, 0.1) is 24.2 Å². The van der Waals surface area contributed by atoms with E-state index in [0.29, 0.717) is 18.9 Å². The van der Waals surface area contributed by atoms with Crippen molar-refractivity contribution in [2.75, 3.05) is 13.2 Å². The summed E-state index contributed by atoms with van der Waals surface area (Å²) in [5.74, 6) is -1.55. The fraction of sp³-hybridized carbons (Fsp3) is 0.864. The zero-order valence-electron chi connectivity index (χ0n) is 18.6. The molecule has 1 fully saturated rings. The van der Waals surface area contributed by atoms with Crippen molar-refractivity contribution in [2.24, 2.45) is 29.4 Å². The summed E-state index contributed by atoms with van der Waals surface area (Å²) >= 11 is 0. The molecule has 0 heterocycles. The summed E-state index contributed by atoms with van der Waals surface area (Å²) in [5.41, 5.74) is 5.64. The van der Waals surface area contributed by atoms with E-state index in [1.54, 1.807) is 13.8 Å². The van der Waals surface area contributed by atoms with Crippen LogP contribution in [0.5, 0.6) is 0 Å². The molecule has 1 saturated carbocycles. The van der Waals surface area contributed by atoms with Gasteiger partial charge in [-0.05, 0) is 32.1 Å². The first-order chi connectivity index (χ1) is 13.6. The molecule has 168 valence electrons. The van der Waals surface area contributed by atoms with Crippen LogP contribution in [0.4, 0.5) is 0 Å². The highest BCUT2D eigenvalue weighted by Gasteiger charge is 2.34. The lowest BCUT2D eigenvalue weighted by Gasteiger charge is -2.30. The van der Waals surface area contributed by atoms with Crippen LogP contribution in [0.3, 0.4) is 0 Å². The van der Waals surface area contributed by atoms with E-state index < -0.39 is 24.0 Å². The van der Waals surface area contributed by atoms with E-state index in [2.05, 4.69) is 19.2 Å². The molecular weight excluding hydrogens is 372 g/mol. The smallest absolute Gasteiger partial charge is 0.226 e. The van der Waals surface area contributed by atoms with Crippen LogP contribution in [0.15, 0.2) is 0 Å². The molecule has 5 atom stereocenters. The molecule has 2 unspecified atom stereocenters. The summed E-state index contributed by atoms with van der Waals surface area (Å²) in [6.45, 7) is 9.83. The van der Waals surface area contributed by atoms with Gasteiger partial charge in [0.25, 0.3) is 0 Å². The summed E-state index contributed by atoms with van der Waals surface area (Å²) in [5, 5.41) is 12.7. The second kappa shape index (κ2) is 12.4. The fourth-order valence-corrected chi connectivity index (χ4v) is 3.71. The summed E-state index contributed by atoms with van der Waals surface area (Å²) in [6, 6.07) is -0.803. The Morgan fingerprint density at radius 3 is 2.31 bits per heavy atom. The van der Waals surface area contributed by atoms with Gasteiger partial charge in [0.15, 0.2) is 5.78 Å². The van der Waals surface area contributed by atoms with Gasteiger partial charge in [0.1, 0.15) is 5.78 Å². The van der Waals surface area contributed by atoms with Crippen molar-refractivity contribution in [3.05, 3.63) is 0 Å². The molecule has 0 saturated heterocycles. The molecule has 0 aromatic heterocycles. The number of ether oxygens (including phenoxy) is 1. The number of nitrogens with two attached hydrogens (primary N) is 1. The van der Waals surface area contributed by atoms with Gasteiger partial charge in [-0.3, -0.25) is 14.4 Å². The van der Waals surface area contributed by atoms with Gasteiger partial charge in [0, 0.05) is 31.4 Å². The lowest BCUT2D eigenvalue weighted by atomic mass is 9.80. The zero-order chi connectivity index (χ0) is 22.1. The van der Waals surface area contributed by atoms with Crippen LogP contribution in [0.1, 0.15) is 66.7 Å². The first kappa shape index (κ1) is 25.7. The van der Waals surface area contributed by atoms with Crippen LogP contribution < -0.4 is 11.1 Å². The number of hydrogen-bond acceptors (Lipinski definition) is 6. The molecule has 0 aromatic carbocycles. The van der Waals surface area contributed by atoms with Gasteiger partial charge >= 0.3 is 0 Å². The average Bonchev–Trinajstić information content (AvgIpc) is 2.67. The number of aliphatic hydroxyl groups is 1. The Morgan fingerprint density at radius 2 is 1.79 bits per heavy atom. The topological polar surface area (TPSA) is 119 Å². The highest BCUT2D eigenvalue weighted by Crippen LogP contribution is 2.29. The van der Waals surface area contributed by atoms with E-state index in [0.717, 1.165) is 19.3 Å². The standard InChI is InChI=1S/C22H40N2O5/c1-13(2)12-29-17-8-6-7-16(9-17)20(26)10-18(15(5)25)22(28)24-19(11-23)21(27)14(3)4/h13-19,25H,6-12,23H2,1-5H3,(H,24,28)/t15-,16?,17?,18-,19-/m0/s1. The Bertz CT molecular complexity index is 547. The van der Waals surface area contributed by atoms with Crippen LogP contribution in [0, 0.1) is 23.7 Å². The number of carbonyl (C=O) groups excluding carboxylic acids is 3. The van der Waals surface area contributed by atoms with Gasteiger partial charge in [-0.2, -0.15) is 0 Å². The highest BCUT2D eigenvalue weighted by molar-refractivity contribution is 5.93. The maximum atomic E-state index is 12.9. The summed E-state index contributed by atoms with van der Waals surface area (Å²) in [6.07, 6.45) is 2.35. The predicted molar refractivity (Wildman–Crippen MR) is 112 cm³/mol. The number of ketones is 2. The van der Waals surface area contributed by atoms with E-state index in [1.807, 2.05) is 0 Å². The molecule has 1 rings (SSSR count). The van der Waals surface area contributed by atoms with E-state index in [-0.39, 0.29) is 42.5 Å². The molecule has 0 radical (unpaired) electrons. The Morgan fingerprint density at radius 1 is 1.14 bits per heavy atom. The zero-order valence-corrected chi connectivity index (χ0v) is 18.6. The summed E-state index contributed by atoms with van der Waals surface area (Å²) in [4.78, 5) is 37.7. The van der Waals surface area contributed by atoms with E-state index >= 15 is 0 Å². The third kappa shape index (κ3) is 8.52. The molecule has 1 amide bonds. The van der Waals surface area contributed by atoms with Gasteiger partial charge in [-0.1, -0.05) is 34.1 Å². The lowest BCUT2D eigenvalue weighted by molar-refractivity contribution is -0.137. The molecule has 0 bridgehead atoms. The Balaban J connectivity index is 2.71. The summed E-state index contributed by atoms with van der Waals surface area (Å²) in [7, 11) is 0. The minimum atomic E-state index is -0.997. The molecule has 29 heavy (non-hydrogen) atoms. The van der Waals surface area contributed by atoms with Gasteiger partial charge in [-0.25, -0.2) is 0 Å². The first-order valence-electron chi connectivity index (χ1n) is 10.9. The molecule has 4 N–H and O–H groups in total. The molecule has 0 spiro atoms. The molecule has 0 aromatic rings. The largest absolute Gasteiger partial charge is 0.393 e. The monoisotopic (exact) mass is 412 g/mol. The first-order valence-corrected chi connectivity index (χ1v) is 10.9. The van der Waals surface area contributed by atoms with Gasteiger partial charge in [0.2, 0.25) is 5.91 Å². The van der Waals surface area contributed by atoms with E-state index in [9.17, 15) is 19.5 Å². The van der Waals surface area contributed by atoms with Crippen molar-refractivity contribution in [3.8, 4) is 0 Å². The molecule has 7 heteroatoms. The fourth-order valence-electron chi connectivity index (χ4n) is 3.71. The van der Waals surface area contributed by atoms with Crippen molar-refractivity contribution in [2.45, 2.75) is 85.0 Å². The molecular formula is C22H40N2O5. The predicted octanol–water partition coefficient (Wildman–Crippen LogP) is 1.84. The van der Waals surface area contributed by atoms with Gasteiger partial charge < -0.3 is 20.9 Å². The minimum absolute atomic E-state index is 0.0132. The Labute approximate surface area is 175 Å². The lowest BCUT2D eigenvalue weighted by Crippen LogP contribution is -2.51. The van der Waals surface area contributed by atoms with Crippen molar-refractivity contribution < 1.29 is 24.2 Å². The third-order valence-corrected chi connectivity index (χ3v) is 5.55. The van der Waals surface area contributed by atoms with Crippen LogP contribution in [-0.4, -0.2) is 54.0 Å². The summed E-state index contributed by atoms with van der Waals surface area (Å²) < 4.78 is 5.91. The maximum absolute atomic E-state index is 12.9. The quantitative estimate of drug-likeness (QED) is 0.450. The molecule has 0 aliphatic heterocycles. The number of rotatable bonds is 12. The number of amides is 1. The number of hydrogen-bond donors (Lipinski definition) is 3. The van der Waals surface area contributed by atoms with Crippen molar-refractivity contribution in [1.82, 2.24) is 5.32 Å². The van der Waals surface area contributed by atoms with Crippen molar-refractivity contribution in [3.63, 3.8) is 0 Å². The maximum Gasteiger partial charge on any atom is 0.226 e. The molecule has 7 nitrogen and oxygen atoms in total. The molecule has 1 aliphatic rings. The number of nitrogens with one attached hydrogen (secondary N) is 1. The Hall–Kier alpha value is -1.31. The number of Topliss-reactive ketones (excluding diaryl/α,β-unsaturated/α-hetero) is 2. The van der Waals surface area contributed by atoms with Crippen LogP contribution in [0.2, 0.25) is 0 Å². The van der Waals surface area contributed by atoms with Gasteiger partial charge in [-0.15, -0.1) is 0 Å². The van der Waals surface area contributed by atoms with Crippen molar-refractivity contribution >= 4 is 17.5 Å². The number of carbonyl (C=O) groups is 3. The highest BCUT2D eigenvalue weighted by atomic mass is 16.5. The van der Waals surface area contributed by atoms with Crippen molar-refractivity contribution in [1.29, 1.82) is 0 Å². The average molecular weight is 413 g/mol. The Kier molecular flexibility index (Phi) is 11.0. The minimum Gasteiger partial charge on any atom is -0.393 e. The normalized spacial score (nSPS) is 22.9. The SMILES string of the molecule is CC(C)COC1CCCC(C(=O)C[C@H](C(=O)N[C@@H](CN)C(=O)C(C)C)[C@H](C)O)C1. The van der Waals surface area contributed by atoms with E-state index in [1.165, 1.54) is 6.92 Å². The van der Waals surface area contributed by atoms with E-state index in [4.69, 9.17) is 10.5 Å². The van der Waals surface area contributed by atoms with Crippen LogP contribution >= 0.6 is 0 Å². The van der Waals surface area contributed by atoms with Crippen LogP contribution in [0.25, 0.3) is 0 Å². The third-order valence-electron chi connectivity index (χ3n) is 5.55. The molecule has 1 aliphatic carbocycles. The number of aliphatic hydroxyl groups excluding tert-OH is 1. The second-order valence-corrected chi connectivity index (χ2v) is 9.08. The van der Waals surface area contributed by atoms with Crippen LogP contribution in [-0.2, 0) is 19.1 Å².